The molecular formula is C17H19N5O3. The summed E-state index contributed by atoms with van der Waals surface area (Å²) in [5.74, 6) is 1.23. The molecule has 25 heavy (non-hydrogen) atoms. The van der Waals surface area contributed by atoms with Gasteiger partial charge in [0.2, 0.25) is 11.7 Å². The van der Waals surface area contributed by atoms with Crippen molar-refractivity contribution in [1.82, 2.24) is 25.2 Å². The van der Waals surface area contributed by atoms with E-state index in [-0.39, 0.29) is 5.91 Å². The van der Waals surface area contributed by atoms with E-state index in [2.05, 4.69) is 20.6 Å². The lowest BCUT2D eigenvalue weighted by atomic mass is 10.2. The van der Waals surface area contributed by atoms with Gasteiger partial charge in [-0.05, 0) is 26.0 Å². The summed E-state index contributed by atoms with van der Waals surface area (Å²) in [4.78, 5) is 16.6. The third-order valence-corrected chi connectivity index (χ3v) is 3.71. The Morgan fingerprint density at radius 1 is 1.44 bits per heavy atom. The van der Waals surface area contributed by atoms with Gasteiger partial charge in [-0.2, -0.15) is 10.1 Å². The number of carbonyl (C=O) groups is 1. The first-order valence-corrected chi connectivity index (χ1v) is 7.92. The molecule has 1 unspecified atom stereocenters. The van der Waals surface area contributed by atoms with Crippen molar-refractivity contribution in [3.8, 4) is 17.1 Å². The van der Waals surface area contributed by atoms with Crippen LogP contribution < -0.4 is 10.1 Å². The summed E-state index contributed by atoms with van der Waals surface area (Å²) in [5.41, 5.74) is 1.26. The first-order valence-electron chi connectivity index (χ1n) is 7.92. The highest BCUT2D eigenvalue weighted by atomic mass is 16.5. The largest absolute Gasteiger partial charge is 0.497 e. The molecule has 0 saturated carbocycles. The van der Waals surface area contributed by atoms with Crippen molar-refractivity contribution in [3.05, 3.63) is 48.1 Å². The fraction of sp³-hybridized carbons (Fsp3) is 0.294. The molecule has 3 rings (SSSR count). The highest BCUT2D eigenvalue weighted by Gasteiger charge is 2.19. The molecule has 0 bridgehead atoms. The molecule has 1 aromatic carbocycles. The fourth-order valence-electron chi connectivity index (χ4n) is 2.29. The monoisotopic (exact) mass is 341 g/mol. The average Bonchev–Trinajstić information content (AvgIpc) is 3.31. The lowest BCUT2D eigenvalue weighted by Crippen LogP contribution is -2.26. The average molecular weight is 341 g/mol. The van der Waals surface area contributed by atoms with E-state index >= 15 is 0 Å². The van der Waals surface area contributed by atoms with Crippen LogP contribution in [-0.4, -0.2) is 32.9 Å². The maximum Gasteiger partial charge on any atom is 0.255 e. The molecule has 3 aromatic rings. The summed E-state index contributed by atoms with van der Waals surface area (Å²) < 4.78 is 12.2. The standard InChI is InChI=1S/C17H19N5O3/c1-4-22-10-13(9-18-22)16(23)19-11(2)17-20-15(21-25-17)12-6-5-7-14(8-12)24-3/h5-11H,4H2,1-3H3,(H,19,23). The van der Waals surface area contributed by atoms with E-state index in [1.54, 1.807) is 24.9 Å². The lowest BCUT2D eigenvalue weighted by Gasteiger charge is -2.08. The number of aryl methyl sites for hydroxylation is 1. The maximum atomic E-state index is 12.2. The minimum atomic E-state index is -0.427. The topological polar surface area (TPSA) is 95.1 Å². The number of amides is 1. The molecule has 8 nitrogen and oxygen atoms in total. The Hall–Kier alpha value is -3.16. The van der Waals surface area contributed by atoms with Gasteiger partial charge in [0.25, 0.3) is 5.91 Å². The molecule has 130 valence electrons. The molecule has 1 atom stereocenters. The predicted molar refractivity (Wildman–Crippen MR) is 90.1 cm³/mol. The molecule has 8 heteroatoms. The number of nitrogens with one attached hydrogen (secondary N) is 1. The second-order valence-corrected chi connectivity index (χ2v) is 5.47. The van der Waals surface area contributed by atoms with E-state index in [4.69, 9.17) is 9.26 Å². The first kappa shape index (κ1) is 16.7. The van der Waals surface area contributed by atoms with Crippen LogP contribution in [0.15, 0.2) is 41.2 Å². The van der Waals surface area contributed by atoms with Gasteiger partial charge in [0.15, 0.2) is 0 Å². The second kappa shape index (κ2) is 7.16. The highest BCUT2D eigenvalue weighted by Crippen LogP contribution is 2.22. The summed E-state index contributed by atoms with van der Waals surface area (Å²) in [7, 11) is 1.60. The van der Waals surface area contributed by atoms with E-state index in [1.165, 1.54) is 6.20 Å². The van der Waals surface area contributed by atoms with E-state index in [9.17, 15) is 4.79 Å². The van der Waals surface area contributed by atoms with Crippen molar-refractivity contribution >= 4 is 5.91 Å². The minimum Gasteiger partial charge on any atom is -0.497 e. The van der Waals surface area contributed by atoms with Gasteiger partial charge in [0, 0.05) is 18.3 Å². The van der Waals surface area contributed by atoms with Gasteiger partial charge in [0.1, 0.15) is 11.8 Å². The van der Waals surface area contributed by atoms with Gasteiger partial charge in [-0.25, -0.2) is 0 Å². The van der Waals surface area contributed by atoms with Crippen LogP contribution in [0.25, 0.3) is 11.4 Å². The molecule has 0 spiro atoms. The van der Waals surface area contributed by atoms with Crippen LogP contribution in [0.5, 0.6) is 5.75 Å². The summed E-state index contributed by atoms with van der Waals surface area (Å²) in [6, 6.07) is 6.94. The Kier molecular flexibility index (Phi) is 4.78. The molecule has 0 saturated heterocycles. The maximum absolute atomic E-state index is 12.2. The Bertz CT molecular complexity index is 871. The Balaban J connectivity index is 1.71. The normalized spacial score (nSPS) is 12.0. The van der Waals surface area contributed by atoms with Gasteiger partial charge in [-0.15, -0.1) is 0 Å². The van der Waals surface area contributed by atoms with E-state index < -0.39 is 6.04 Å². The minimum absolute atomic E-state index is 0.242. The number of nitrogens with zero attached hydrogens (tertiary/aromatic N) is 4. The fourth-order valence-corrected chi connectivity index (χ4v) is 2.29. The number of carbonyl (C=O) groups excluding carboxylic acids is 1. The zero-order valence-corrected chi connectivity index (χ0v) is 14.3. The zero-order valence-electron chi connectivity index (χ0n) is 14.3. The number of aromatic nitrogens is 4. The first-order chi connectivity index (χ1) is 12.1. The van der Waals surface area contributed by atoms with Crippen molar-refractivity contribution in [1.29, 1.82) is 0 Å². The number of methoxy groups -OCH3 is 1. The van der Waals surface area contributed by atoms with Crippen molar-refractivity contribution < 1.29 is 14.1 Å². The van der Waals surface area contributed by atoms with Crippen LogP contribution in [-0.2, 0) is 6.54 Å². The summed E-state index contributed by atoms with van der Waals surface area (Å²) in [5, 5.41) is 10.9. The number of ether oxygens (including phenoxy) is 1. The van der Waals surface area contributed by atoms with E-state index in [0.29, 0.717) is 29.6 Å². The SMILES string of the molecule is CCn1cc(C(=O)NC(C)c2nc(-c3cccc(OC)c3)no2)cn1. The summed E-state index contributed by atoms with van der Waals surface area (Å²) in [6.45, 7) is 4.44. The molecule has 0 aliphatic rings. The molecule has 0 aliphatic heterocycles. The van der Waals surface area contributed by atoms with Crippen molar-refractivity contribution in [2.45, 2.75) is 26.4 Å². The Labute approximate surface area is 144 Å². The third kappa shape index (κ3) is 3.68. The smallest absolute Gasteiger partial charge is 0.255 e. The van der Waals surface area contributed by atoms with Gasteiger partial charge in [-0.3, -0.25) is 9.48 Å². The quantitative estimate of drug-likeness (QED) is 0.740. The van der Waals surface area contributed by atoms with Crippen LogP contribution in [0.3, 0.4) is 0 Å². The van der Waals surface area contributed by atoms with Gasteiger partial charge in [0.05, 0.1) is 18.9 Å². The van der Waals surface area contributed by atoms with Crippen molar-refractivity contribution in [2.24, 2.45) is 0 Å². The molecule has 0 aliphatic carbocycles. The molecule has 2 heterocycles. The molecule has 1 amide bonds. The third-order valence-electron chi connectivity index (χ3n) is 3.71. The predicted octanol–water partition coefficient (Wildman–Crippen LogP) is 2.45. The number of rotatable bonds is 6. The summed E-state index contributed by atoms with van der Waals surface area (Å²) >= 11 is 0. The summed E-state index contributed by atoms with van der Waals surface area (Å²) in [6.07, 6.45) is 3.22. The second-order valence-electron chi connectivity index (χ2n) is 5.47. The van der Waals surface area contributed by atoms with Crippen LogP contribution in [0.4, 0.5) is 0 Å². The Morgan fingerprint density at radius 3 is 3.00 bits per heavy atom. The van der Waals surface area contributed by atoms with Crippen LogP contribution >= 0.6 is 0 Å². The van der Waals surface area contributed by atoms with E-state index in [1.807, 2.05) is 31.2 Å². The van der Waals surface area contributed by atoms with Gasteiger partial charge < -0.3 is 14.6 Å². The zero-order chi connectivity index (χ0) is 17.8. The van der Waals surface area contributed by atoms with Crippen LogP contribution in [0, 0.1) is 0 Å². The van der Waals surface area contributed by atoms with Gasteiger partial charge >= 0.3 is 0 Å². The molecular weight excluding hydrogens is 322 g/mol. The van der Waals surface area contributed by atoms with Crippen LogP contribution in [0.1, 0.15) is 36.1 Å². The number of benzene rings is 1. The molecule has 0 radical (unpaired) electrons. The van der Waals surface area contributed by atoms with Crippen molar-refractivity contribution in [2.75, 3.05) is 7.11 Å². The highest BCUT2D eigenvalue weighted by molar-refractivity contribution is 5.93. The number of hydrogen-bond acceptors (Lipinski definition) is 6. The molecule has 2 aromatic heterocycles. The molecule has 1 N–H and O–H groups in total. The van der Waals surface area contributed by atoms with Gasteiger partial charge in [-0.1, -0.05) is 17.3 Å². The van der Waals surface area contributed by atoms with E-state index in [0.717, 1.165) is 5.56 Å². The number of hydrogen-bond donors (Lipinski definition) is 1. The Morgan fingerprint density at radius 2 is 2.28 bits per heavy atom. The molecule has 0 fully saturated rings. The van der Waals surface area contributed by atoms with Crippen molar-refractivity contribution in [3.63, 3.8) is 0 Å². The lowest BCUT2D eigenvalue weighted by molar-refractivity contribution is 0.0932. The van der Waals surface area contributed by atoms with Crippen LogP contribution in [0.2, 0.25) is 0 Å².